The molecule has 4 rings (SSSR count). The number of benzene rings is 2. The summed E-state index contributed by atoms with van der Waals surface area (Å²) in [6.07, 6.45) is 2.06. The summed E-state index contributed by atoms with van der Waals surface area (Å²) in [6.45, 7) is 2.32. The molecule has 0 aromatic heterocycles. The number of aliphatic imine (C=N–C) groups is 1. The number of fused-ring (bicyclic) bond motifs is 3. The molecular weight excluding hydrogens is 218 g/mol. The highest BCUT2D eigenvalue weighted by molar-refractivity contribution is 5.86. The molecule has 1 aliphatic heterocycles. The Bertz CT molecular complexity index is 629. The summed E-state index contributed by atoms with van der Waals surface area (Å²) in [6, 6.07) is 19.4. The molecule has 88 valence electrons. The van der Waals surface area contributed by atoms with Gasteiger partial charge in [-0.15, -0.1) is 0 Å². The zero-order valence-corrected chi connectivity index (χ0v) is 10.4. The van der Waals surface area contributed by atoms with Gasteiger partial charge in [-0.05, 0) is 22.6 Å². The third-order valence-corrected chi connectivity index (χ3v) is 4.54. The Morgan fingerprint density at radius 2 is 1.67 bits per heavy atom. The van der Waals surface area contributed by atoms with Gasteiger partial charge in [-0.25, -0.2) is 0 Å². The zero-order valence-electron chi connectivity index (χ0n) is 10.4. The minimum absolute atomic E-state index is 0.00954. The molecule has 0 amide bonds. The first-order chi connectivity index (χ1) is 8.84. The molecule has 0 radical (unpaired) electrons. The van der Waals surface area contributed by atoms with Crippen molar-refractivity contribution >= 4 is 6.21 Å². The molecule has 1 heterocycles. The van der Waals surface area contributed by atoms with Crippen LogP contribution in [0.1, 0.15) is 29.5 Å². The van der Waals surface area contributed by atoms with Crippen molar-refractivity contribution in [3.05, 3.63) is 71.3 Å². The van der Waals surface area contributed by atoms with Crippen LogP contribution in [0.5, 0.6) is 0 Å². The molecule has 3 atom stereocenters. The smallest absolute Gasteiger partial charge is 0.0960 e. The molecule has 1 heteroatoms. The summed E-state index contributed by atoms with van der Waals surface area (Å²) < 4.78 is 0. The molecule has 1 saturated carbocycles. The standard InChI is InChI=1S/C17H15N/c1-12-16-15-10-6-5-7-13(15)11-18-17(12,16)14-8-3-2-4-9-14/h2-12,16H,1H3/t12-,16?,17+/m0/s1. The fraction of sp³-hybridized carbons (Fsp3) is 0.235. The van der Waals surface area contributed by atoms with E-state index in [-0.39, 0.29) is 5.54 Å². The van der Waals surface area contributed by atoms with Gasteiger partial charge in [-0.1, -0.05) is 61.5 Å². The predicted molar refractivity (Wildman–Crippen MR) is 74.1 cm³/mol. The lowest BCUT2D eigenvalue weighted by molar-refractivity contribution is 0.659. The lowest BCUT2D eigenvalue weighted by atomic mass is 9.94. The molecule has 1 fully saturated rings. The van der Waals surface area contributed by atoms with Crippen LogP contribution in [-0.2, 0) is 5.54 Å². The third kappa shape index (κ3) is 1.09. The summed E-state index contributed by atoms with van der Waals surface area (Å²) in [4.78, 5) is 4.90. The van der Waals surface area contributed by atoms with E-state index in [0.717, 1.165) is 0 Å². The van der Waals surface area contributed by atoms with Gasteiger partial charge in [0.1, 0.15) is 0 Å². The van der Waals surface area contributed by atoms with Gasteiger partial charge < -0.3 is 0 Å². The van der Waals surface area contributed by atoms with Crippen molar-refractivity contribution in [2.75, 3.05) is 0 Å². The maximum absolute atomic E-state index is 4.90. The highest BCUT2D eigenvalue weighted by atomic mass is 15.0. The van der Waals surface area contributed by atoms with Gasteiger partial charge in [-0.3, -0.25) is 4.99 Å². The molecule has 1 aliphatic carbocycles. The van der Waals surface area contributed by atoms with Crippen LogP contribution in [0, 0.1) is 5.92 Å². The Balaban J connectivity index is 1.89. The van der Waals surface area contributed by atoms with E-state index in [9.17, 15) is 0 Å². The normalized spacial score (nSPS) is 31.6. The molecule has 0 saturated heterocycles. The van der Waals surface area contributed by atoms with Gasteiger partial charge in [-0.2, -0.15) is 0 Å². The maximum atomic E-state index is 4.90. The minimum atomic E-state index is 0.00954. The zero-order chi connectivity index (χ0) is 12.2. The first kappa shape index (κ1) is 10.1. The summed E-state index contributed by atoms with van der Waals surface area (Å²) in [5.41, 5.74) is 4.12. The van der Waals surface area contributed by atoms with Crippen molar-refractivity contribution in [1.29, 1.82) is 0 Å². The van der Waals surface area contributed by atoms with E-state index in [1.165, 1.54) is 16.7 Å². The number of rotatable bonds is 1. The van der Waals surface area contributed by atoms with Crippen LogP contribution in [0.25, 0.3) is 0 Å². The average Bonchev–Trinajstić information content (AvgIpc) is 3.07. The van der Waals surface area contributed by atoms with Crippen molar-refractivity contribution in [3.63, 3.8) is 0 Å². The first-order valence-electron chi connectivity index (χ1n) is 6.54. The van der Waals surface area contributed by atoms with Gasteiger partial charge in [0.25, 0.3) is 0 Å². The second kappa shape index (κ2) is 3.32. The number of nitrogens with zero attached hydrogens (tertiary/aromatic N) is 1. The molecule has 0 bridgehead atoms. The van der Waals surface area contributed by atoms with Gasteiger partial charge in [0.2, 0.25) is 0 Å². The summed E-state index contributed by atoms with van der Waals surface area (Å²) in [5.74, 6) is 1.15. The lowest BCUT2D eigenvalue weighted by Crippen LogP contribution is -2.12. The lowest BCUT2D eigenvalue weighted by Gasteiger charge is -2.19. The predicted octanol–water partition coefficient (Wildman–Crippen LogP) is 3.75. The van der Waals surface area contributed by atoms with Crippen LogP contribution in [0.15, 0.2) is 59.6 Å². The van der Waals surface area contributed by atoms with Crippen molar-refractivity contribution in [2.45, 2.75) is 18.4 Å². The summed E-state index contributed by atoms with van der Waals surface area (Å²) >= 11 is 0. The van der Waals surface area contributed by atoms with E-state index in [1.807, 2.05) is 0 Å². The van der Waals surface area contributed by atoms with Crippen LogP contribution in [0.2, 0.25) is 0 Å². The minimum Gasteiger partial charge on any atom is -0.280 e. The van der Waals surface area contributed by atoms with E-state index >= 15 is 0 Å². The van der Waals surface area contributed by atoms with Crippen LogP contribution >= 0.6 is 0 Å². The first-order valence-corrected chi connectivity index (χ1v) is 6.54. The van der Waals surface area contributed by atoms with Crippen LogP contribution in [0.4, 0.5) is 0 Å². The van der Waals surface area contributed by atoms with E-state index in [0.29, 0.717) is 11.8 Å². The van der Waals surface area contributed by atoms with E-state index in [1.54, 1.807) is 0 Å². The Morgan fingerprint density at radius 1 is 0.944 bits per heavy atom. The van der Waals surface area contributed by atoms with Crippen LogP contribution in [0.3, 0.4) is 0 Å². The van der Waals surface area contributed by atoms with E-state index in [4.69, 9.17) is 4.99 Å². The Kier molecular flexibility index (Phi) is 1.86. The van der Waals surface area contributed by atoms with E-state index in [2.05, 4.69) is 67.7 Å². The monoisotopic (exact) mass is 233 g/mol. The SMILES string of the molecule is C[C@H]1C2c3ccccc3C=N[C@]21c1ccccc1. The molecule has 2 aromatic carbocycles. The summed E-state index contributed by atoms with van der Waals surface area (Å²) in [7, 11) is 0. The number of hydrogen-bond acceptors (Lipinski definition) is 1. The fourth-order valence-corrected chi connectivity index (χ4v) is 3.56. The largest absolute Gasteiger partial charge is 0.280 e. The van der Waals surface area contributed by atoms with Gasteiger partial charge in [0, 0.05) is 12.1 Å². The fourth-order valence-electron chi connectivity index (χ4n) is 3.56. The summed E-state index contributed by atoms with van der Waals surface area (Å²) in [5, 5.41) is 0. The van der Waals surface area contributed by atoms with Crippen molar-refractivity contribution < 1.29 is 0 Å². The molecule has 1 unspecified atom stereocenters. The Morgan fingerprint density at radius 3 is 2.50 bits per heavy atom. The van der Waals surface area contributed by atoms with Crippen LogP contribution in [-0.4, -0.2) is 6.21 Å². The second-order valence-corrected chi connectivity index (χ2v) is 5.34. The molecular formula is C17H15N. The molecule has 2 aromatic rings. The third-order valence-electron chi connectivity index (χ3n) is 4.54. The molecule has 18 heavy (non-hydrogen) atoms. The molecule has 2 aliphatic rings. The molecule has 0 N–H and O–H groups in total. The molecule has 0 spiro atoms. The highest BCUT2D eigenvalue weighted by Crippen LogP contribution is 2.68. The second-order valence-electron chi connectivity index (χ2n) is 5.34. The van der Waals surface area contributed by atoms with Crippen molar-refractivity contribution in [3.8, 4) is 0 Å². The van der Waals surface area contributed by atoms with Gasteiger partial charge in [0.05, 0.1) is 5.54 Å². The Labute approximate surface area is 107 Å². The highest BCUT2D eigenvalue weighted by Gasteiger charge is 2.65. The van der Waals surface area contributed by atoms with Crippen molar-refractivity contribution in [2.24, 2.45) is 10.9 Å². The van der Waals surface area contributed by atoms with Crippen molar-refractivity contribution in [1.82, 2.24) is 0 Å². The van der Waals surface area contributed by atoms with Gasteiger partial charge >= 0.3 is 0 Å². The van der Waals surface area contributed by atoms with Gasteiger partial charge in [0.15, 0.2) is 0 Å². The molecule has 1 nitrogen and oxygen atoms in total. The van der Waals surface area contributed by atoms with E-state index < -0.39 is 0 Å². The average molecular weight is 233 g/mol. The quantitative estimate of drug-likeness (QED) is 0.711. The topological polar surface area (TPSA) is 12.4 Å². The number of hydrogen-bond donors (Lipinski definition) is 0. The maximum Gasteiger partial charge on any atom is 0.0960 e. The van der Waals surface area contributed by atoms with Crippen LogP contribution < -0.4 is 0 Å². The Hall–Kier alpha value is -1.89.